The van der Waals surface area contributed by atoms with Gasteiger partial charge in [0.2, 0.25) is 11.8 Å². The highest BCUT2D eigenvalue weighted by Crippen LogP contribution is 2.17. The smallest absolute Gasteiger partial charge is 0.253 e. The molecule has 144 valence electrons. The second-order valence-electron chi connectivity index (χ2n) is 7.12. The fourth-order valence-corrected chi connectivity index (χ4v) is 3.36. The molecular weight excluding hydrogens is 352 g/mol. The maximum atomic E-state index is 12.6. The Labute approximate surface area is 164 Å². The lowest BCUT2D eigenvalue weighted by Gasteiger charge is -2.34. The second kappa shape index (κ2) is 8.35. The van der Waals surface area contributed by atoms with E-state index in [1.165, 1.54) is 0 Å². The zero-order valence-electron chi connectivity index (χ0n) is 16.0. The molecule has 1 aliphatic rings. The summed E-state index contributed by atoms with van der Waals surface area (Å²) >= 11 is 0. The lowest BCUT2D eigenvalue weighted by Crippen LogP contribution is -2.49. The van der Waals surface area contributed by atoms with Crippen LogP contribution in [0.1, 0.15) is 21.8 Å². The third-order valence-electron chi connectivity index (χ3n) is 5.09. The van der Waals surface area contributed by atoms with E-state index in [9.17, 15) is 4.79 Å². The molecule has 0 spiro atoms. The number of nitrogens with zero attached hydrogens (tertiary/aromatic N) is 4. The van der Waals surface area contributed by atoms with Gasteiger partial charge in [-0.1, -0.05) is 35.9 Å². The van der Waals surface area contributed by atoms with Gasteiger partial charge in [-0.2, -0.15) is 0 Å². The van der Waals surface area contributed by atoms with Gasteiger partial charge in [-0.05, 0) is 31.2 Å². The van der Waals surface area contributed by atoms with Gasteiger partial charge in [0.25, 0.3) is 5.91 Å². The molecule has 1 amide bonds. The molecule has 6 heteroatoms. The molecule has 2 aromatic carbocycles. The zero-order chi connectivity index (χ0) is 19.3. The van der Waals surface area contributed by atoms with Gasteiger partial charge < -0.3 is 9.32 Å². The first kappa shape index (κ1) is 18.4. The zero-order valence-corrected chi connectivity index (χ0v) is 16.0. The van der Waals surface area contributed by atoms with Gasteiger partial charge in [0.1, 0.15) is 0 Å². The van der Waals surface area contributed by atoms with Crippen LogP contribution in [0.5, 0.6) is 0 Å². The van der Waals surface area contributed by atoms with Crippen LogP contribution in [0.4, 0.5) is 0 Å². The number of rotatable bonds is 5. The normalized spacial score (nSPS) is 15.0. The van der Waals surface area contributed by atoms with Gasteiger partial charge in [-0.25, -0.2) is 0 Å². The van der Waals surface area contributed by atoms with E-state index >= 15 is 0 Å². The molecule has 28 heavy (non-hydrogen) atoms. The number of hydrogen-bond acceptors (Lipinski definition) is 5. The molecule has 0 aliphatic carbocycles. The van der Waals surface area contributed by atoms with Crippen molar-refractivity contribution in [3.05, 3.63) is 71.6 Å². The monoisotopic (exact) mass is 376 g/mol. The first-order chi connectivity index (χ1) is 13.7. The Morgan fingerprint density at radius 1 is 0.964 bits per heavy atom. The second-order valence-corrected chi connectivity index (χ2v) is 7.12. The van der Waals surface area contributed by atoms with E-state index in [1.54, 1.807) is 0 Å². The summed E-state index contributed by atoms with van der Waals surface area (Å²) in [4.78, 5) is 16.9. The largest absolute Gasteiger partial charge is 0.421 e. The van der Waals surface area contributed by atoms with Gasteiger partial charge in [-0.15, -0.1) is 10.2 Å². The summed E-state index contributed by atoms with van der Waals surface area (Å²) in [6, 6.07) is 17.6. The van der Waals surface area contributed by atoms with Crippen molar-refractivity contribution in [3.8, 4) is 11.5 Å². The standard InChI is InChI=1S/C22H24N4O2/c1-17-7-9-19(10-8-17)22(27)26-15-13-25(14-16-26)12-11-20-23-24-21(28-20)18-5-3-2-4-6-18/h2-10H,11-16H2,1H3. The van der Waals surface area contributed by atoms with Crippen LogP contribution in [-0.2, 0) is 6.42 Å². The van der Waals surface area contributed by atoms with Crippen molar-refractivity contribution in [2.24, 2.45) is 0 Å². The van der Waals surface area contributed by atoms with Crippen LogP contribution in [-0.4, -0.2) is 58.6 Å². The molecule has 1 fully saturated rings. The van der Waals surface area contributed by atoms with Crippen molar-refractivity contribution in [1.29, 1.82) is 0 Å². The third-order valence-corrected chi connectivity index (χ3v) is 5.09. The van der Waals surface area contributed by atoms with Crippen molar-refractivity contribution in [2.45, 2.75) is 13.3 Å². The summed E-state index contributed by atoms with van der Waals surface area (Å²) in [6.45, 7) is 6.08. The summed E-state index contributed by atoms with van der Waals surface area (Å²) in [6.07, 6.45) is 0.714. The van der Waals surface area contributed by atoms with Gasteiger partial charge >= 0.3 is 0 Å². The topological polar surface area (TPSA) is 62.5 Å². The lowest BCUT2D eigenvalue weighted by molar-refractivity contribution is 0.0636. The van der Waals surface area contributed by atoms with Crippen LogP contribution in [0.3, 0.4) is 0 Å². The van der Waals surface area contributed by atoms with Crippen molar-refractivity contribution in [3.63, 3.8) is 0 Å². The Balaban J connectivity index is 1.26. The highest BCUT2D eigenvalue weighted by molar-refractivity contribution is 5.94. The molecular formula is C22H24N4O2. The molecule has 1 aromatic heterocycles. The fraction of sp³-hybridized carbons (Fsp3) is 0.318. The van der Waals surface area contributed by atoms with Crippen LogP contribution < -0.4 is 0 Å². The number of aryl methyl sites for hydroxylation is 1. The maximum absolute atomic E-state index is 12.6. The Hall–Kier alpha value is -2.99. The quantitative estimate of drug-likeness (QED) is 0.685. The summed E-state index contributed by atoms with van der Waals surface area (Å²) < 4.78 is 5.77. The third kappa shape index (κ3) is 4.28. The molecule has 0 bridgehead atoms. The van der Waals surface area contributed by atoms with E-state index in [0.717, 1.165) is 49.4 Å². The number of carbonyl (C=O) groups is 1. The van der Waals surface area contributed by atoms with Crippen LogP contribution in [0.2, 0.25) is 0 Å². The van der Waals surface area contributed by atoms with E-state index in [-0.39, 0.29) is 5.91 Å². The molecule has 6 nitrogen and oxygen atoms in total. The Bertz CT molecular complexity index is 913. The minimum Gasteiger partial charge on any atom is -0.421 e. The predicted octanol–water partition coefficient (Wildman–Crippen LogP) is 3.05. The summed E-state index contributed by atoms with van der Waals surface area (Å²) in [7, 11) is 0. The fourth-order valence-electron chi connectivity index (χ4n) is 3.36. The SMILES string of the molecule is Cc1ccc(C(=O)N2CCN(CCc3nnc(-c4ccccc4)o3)CC2)cc1. The van der Waals surface area contributed by atoms with Crippen molar-refractivity contribution >= 4 is 5.91 Å². The lowest BCUT2D eigenvalue weighted by atomic mass is 10.1. The molecule has 4 rings (SSSR count). The van der Waals surface area contributed by atoms with Crippen molar-refractivity contribution in [2.75, 3.05) is 32.7 Å². The highest BCUT2D eigenvalue weighted by atomic mass is 16.4. The number of benzene rings is 2. The van der Waals surface area contributed by atoms with E-state index in [0.29, 0.717) is 18.2 Å². The van der Waals surface area contributed by atoms with Crippen molar-refractivity contribution in [1.82, 2.24) is 20.0 Å². The minimum atomic E-state index is 0.115. The number of amides is 1. The van der Waals surface area contributed by atoms with Crippen LogP contribution >= 0.6 is 0 Å². The molecule has 2 heterocycles. The van der Waals surface area contributed by atoms with Crippen LogP contribution in [0, 0.1) is 6.92 Å². The maximum Gasteiger partial charge on any atom is 0.253 e. The molecule has 0 unspecified atom stereocenters. The minimum absolute atomic E-state index is 0.115. The Morgan fingerprint density at radius 3 is 2.39 bits per heavy atom. The van der Waals surface area contributed by atoms with Gasteiger partial charge in [0.05, 0.1) is 0 Å². The average molecular weight is 376 g/mol. The first-order valence-electron chi connectivity index (χ1n) is 9.65. The number of aromatic nitrogens is 2. The number of piperazine rings is 1. The number of carbonyl (C=O) groups excluding carboxylic acids is 1. The van der Waals surface area contributed by atoms with E-state index in [2.05, 4.69) is 15.1 Å². The van der Waals surface area contributed by atoms with E-state index < -0.39 is 0 Å². The molecule has 0 radical (unpaired) electrons. The molecule has 0 atom stereocenters. The van der Waals surface area contributed by atoms with Crippen LogP contribution in [0.15, 0.2) is 59.0 Å². The highest BCUT2D eigenvalue weighted by Gasteiger charge is 2.22. The molecule has 1 aliphatic heterocycles. The summed E-state index contributed by atoms with van der Waals surface area (Å²) in [5.74, 6) is 1.32. The molecule has 0 N–H and O–H groups in total. The Kier molecular flexibility index (Phi) is 5.48. The molecule has 1 saturated heterocycles. The van der Waals surface area contributed by atoms with Gasteiger partial charge in [-0.3, -0.25) is 9.69 Å². The van der Waals surface area contributed by atoms with E-state index in [1.807, 2.05) is 66.4 Å². The average Bonchev–Trinajstić information content (AvgIpc) is 3.22. The molecule has 0 saturated carbocycles. The van der Waals surface area contributed by atoms with Crippen LogP contribution in [0.25, 0.3) is 11.5 Å². The molecule has 3 aromatic rings. The first-order valence-corrected chi connectivity index (χ1v) is 9.65. The van der Waals surface area contributed by atoms with Crippen molar-refractivity contribution < 1.29 is 9.21 Å². The van der Waals surface area contributed by atoms with E-state index in [4.69, 9.17) is 4.42 Å². The summed E-state index contributed by atoms with van der Waals surface area (Å²) in [5.41, 5.74) is 2.86. The predicted molar refractivity (Wildman–Crippen MR) is 107 cm³/mol. The Morgan fingerprint density at radius 2 is 1.68 bits per heavy atom. The van der Waals surface area contributed by atoms with Gasteiger partial charge in [0.15, 0.2) is 0 Å². The summed E-state index contributed by atoms with van der Waals surface area (Å²) in [5, 5.41) is 8.30. The number of hydrogen-bond donors (Lipinski definition) is 0. The van der Waals surface area contributed by atoms with Gasteiger partial charge in [0, 0.05) is 50.3 Å².